The monoisotopic (exact) mass is 440 g/mol. The molecule has 6 nitrogen and oxygen atoms in total. The van der Waals surface area contributed by atoms with Gasteiger partial charge in [0, 0.05) is 24.3 Å². The van der Waals surface area contributed by atoms with E-state index in [1.54, 1.807) is 13.2 Å². The van der Waals surface area contributed by atoms with E-state index in [1.165, 1.54) is 23.1 Å². The molecule has 1 N–H and O–H groups in total. The highest BCUT2D eigenvalue weighted by Crippen LogP contribution is 2.31. The molecule has 2 amide bonds. The van der Waals surface area contributed by atoms with Crippen LogP contribution in [0.2, 0.25) is 0 Å². The molecule has 8 heteroatoms. The molecule has 1 aliphatic heterocycles. The standard InChI is InChI=1S/C23H21FN2O4S/c1-30-21-11-4-2-9-19(21)16-7-6-8-17(13-16)25-23(27)26-14-18(15-26)31(28,29)22-12-5-3-10-20(22)24/h2-13,18H,14-15H2,1H3,(H,25,27). The number of benzene rings is 3. The third-order valence-electron chi connectivity index (χ3n) is 5.25. The lowest BCUT2D eigenvalue weighted by Crippen LogP contribution is -2.58. The van der Waals surface area contributed by atoms with Gasteiger partial charge in [0.15, 0.2) is 9.84 Å². The SMILES string of the molecule is COc1ccccc1-c1cccc(NC(=O)N2CC(S(=O)(=O)c3ccccc3F)C2)c1. The number of urea groups is 1. The summed E-state index contributed by atoms with van der Waals surface area (Å²) in [6, 6.07) is 19.7. The van der Waals surface area contributed by atoms with Crippen molar-refractivity contribution >= 4 is 21.6 Å². The first-order chi connectivity index (χ1) is 14.9. The van der Waals surface area contributed by atoms with Crippen LogP contribution in [0.5, 0.6) is 5.75 Å². The summed E-state index contributed by atoms with van der Waals surface area (Å²) < 4.78 is 44.5. The van der Waals surface area contributed by atoms with Gasteiger partial charge in [0.05, 0.1) is 7.11 Å². The van der Waals surface area contributed by atoms with E-state index >= 15 is 0 Å². The predicted molar refractivity (Wildman–Crippen MR) is 116 cm³/mol. The number of nitrogens with one attached hydrogen (secondary N) is 1. The van der Waals surface area contributed by atoms with Crippen LogP contribution >= 0.6 is 0 Å². The molecule has 0 unspecified atom stereocenters. The topological polar surface area (TPSA) is 75.7 Å². The molecule has 0 bridgehead atoms. The van der Waals surface area contributed by atoms with Crippen molar-refractivity contribution in [2.24, 2.45) is 0 Å². The van der Waals surface area contributed by atoms with E-state index in [0.717, 1.165) is 22.9 Å². The van der Waals surface area contributed by atoms with Crippen molar-refractivity contribution in [2.75, 3.05) is 25.5 Å². The van der Waals surface area contributed by atoms with E-state index in [1.807, 2.05) is 42.5 Å². The Bertz CT molecular complexity index is 1220. The minimum Gasteiger partial charge on any atom is -0.496 e. The molecule has 0 radical (unpaired) electrons. The fourth-order valence-corrected chi connectivity index (χ4v) is 5.22. The molecule has 1 saturated heterocycles. The third kappa shape index (κ3) is 4.11. The average molecular weight is 440 g/mol. The second-order valence-corrected chi connectivity index (χ2v) is 9.41. The van der Waals surface area contributed by atoms with Crippen molar-refractivity contribution in [3.63, 3.8) is 0 Å². The number of sulfone groups is 1. The van der Waals surface area contributed by atoms with Crippen molar-refractivity contribution in [1.82, 2.24) is 4.90 Å². The first-order valence-corrected chi connectivity index (χ1v) is 11.2. The lowest BCUT2D eigenvalue weighted by molar-refractivity contribution is 0.182. The highest BCUT2D eigenvalue weighted by atomic mass is 32.2. The Kier molecular flexibility index (Phi) is 5.65. The Hall–Kier alpha value is -3.39. The van der Waals surface area contributed by atoms with Crippen LogP contribution in [0.3, 0.4) is 0 Å². The normalized spacial score (nSPS) is 14.1. The molecule has 0 aromatic heterocycles. The summed E-state index contributed by atoms with van der Waals surface area (Å²) in [5.74, 6) is -0.0616. The lowest BCUT2D eigenvalue weighted by atomic mass is 10.0. The Labute approximate surface area is 180 Å². The van der Waals surface area contributed by atoms with Gasteiger partial charge in [-0.2, -0.15) is 0 Å². The third-order valence-corrected chi connectivity index (χ3v) is 7.37. The first kappa shape index (κ1) is 20.9. The summed E-state index contributed by atoms with van der Waals surface area (Å²) >= 11 is 0. The summed E-state index contributed by atoms with van der Waals surface area (Å²) in [4.78, 5) is 13.6. The summed E-state index contributed by atoms with van der Waals surface area (Å²) in [5, 5.41) is 1.97. The molecular formula is C23H21FN2O4S. The first-order valence-electron chi connectivity index (χ1n) is 9.68. The minimum atomic E-state index is -3.83. The quantitative estimate of drug-likeness (QED) is 0.646. The van der Waals surface area contributed by atoms with Gasteiger partial charge in [-0.05, 0) is 35.9 Å². The van der Waals surface area contributed by atoms with Gasteiger partial charge in [0.2, 0.25) is 0 Å². The van der Waals surface area contributed by atoms with Crippen molar-refractivity contribution in [3.05, 3.63) is 78.6 Å². The average Bonchev–Trinajstić information content (AvgIpc) is 2.72. The van der Waals surface area contributed by atoms with Gasteiger partial charge in [-0.1, -0.05) is 42.5 Å². The van der Waals surface area contributed by atoms with Crippen LogP contribution in [0, 0.1) is 5.82 Å². The number of ether oxygens (including phenoxy) is 1. The van der Waals surface area contributed by atoms with Crippen molar-refractivity contribution in [1.29, 1.82) is 0 Å². The minimum absolute atomic E-state index is 0.00863. The van der Waals surface area contributed by atoms with Crippen LogP contribution in [-0.4, -0.2) is 44.8 Å². The van der Waals surface area contributed by atoms with Gasteiger partial charge < -0.3 is 15.0 Å². The molecule has 1 aliphatic rings. The molecule has 3 aromatic carbocycles. The van der Waals surface area contributed by atoms with Crippen molar-refractivity contribution in [2.45, 2.75) is 10.1 Å². The van der Waals surface area contributed by atoms with E-state index in [2.05, 4.69) is 5.32 Å². The number of halogens is 1. The van der Waals surface area contributed by atoms with E-state index in [-0.39, 0.29) is 18.0 Å². The zero-order valence-corrected chi connectivity index (χ0v) is 17.6. The Balaban J connectivity index is 1.43. The number of hydrogen-bond acceptors (Lipinski definition) is 4. The molecule has 0 saturated carbocycles. The molecule has 0 aliphatic carbocycles. The van der Waals surface area contributed by atoms with Gasteiger partial charge in [0.25, 0.3) is 0 Å². The number of carbonyl (C=O) groups is 1. The molecule has 0 atom stereocenters. The number of nitrogens with zero attached hydrogens (tertiary/aromatic N) is 1. The molecule has 160 valence electrons. The number of hydrogen-bond donors (Lipinski definition) is 1. The van der Waals surface area contributed by atoms with Gasteiger partial charge in [-0.25, -0.2) is 17.6 Å². The summed E-state index contributed by atoms with van der Waals surface area (Å²) in [6.45, 7) is 0.0173. The summed E-state index contributed by atoms with van der Waals surface area (Å²) in [5.41, 5.74) is 2.34. The number of rotatable bonds is 5. The smallest absolute Gasteiger partial charge is 0.321 e. The van der Waals surface area contributed by atoms with Crippen LogP contribution in [0.15, 0.2) is 77.7 Å². The molecule has 1 heterocycles. The van der Waals surface area contributed by atoms with Crippen LogP contribution < -0.4 is 10.1 Å². The summed E-state index contributed by atoms with van der Waals surface area (Å²) in [6.07, 6.45) is 0. The van der Waals surface area contributed by atoms with E-state index in [0.29, 0.717) is 5.69 Å². The maximum Gasteiger partial charge on any atom is 0.321 e. The maximum absolute atomic E-state index is 13.9. The second-order valence-electron chi connectivity index (χ2n) is 7.21. The van der Waals surface area contributed by atoms with Crippen LogP contribution in [0.4, 0.5) is 14.9 Å². The number of amides is 2. The zero-order chi connectivity index (χ0) is 22.0. The maximum atomic E-state index is 13.9. The molecule has 4 rings (SSSR count). The molecule has 31 heavy (non-hydrogen) atoms. The molecule has 1 fully saturated rings. The molecule has 3 aromatic rings. The fourth-order valence-electron chi connectivity index (χ4n) is 3.51. The van der Waals surface area contributed by atoms with Gasteiger partial charge in [-0.3, -0.25) is 0 Å². The number of carbonyl (C=O) groups excluding carboxylic acids is 1. The van der Waals surface area contributed by atoms with Crippen LogP contribution in [0.1, 0.15) is 0 Å². The highest BCUT2D eigenvalue weighted by Gasteiger charge is 2.41. The van der Waals surface area contributed by atoms with Gasteiger partial charge in [-0.15, -0.1) is 0 Å². The van der Waals surface area contributed by atoms with Crippen LogP contribution in [0.25, 0.3) is 11.1 Å². The second kappa shape index (κ2) is 8.39. The van der Waals surface area contributed by atoms with Crippen molar-refractivity contribution in [3.8, 4) is 16.9 Å². The Morgan fingerprint density at radius 2 is 1.74 bits per heavy atom. The fraction of sp³-hybridized carbons (Fsp3) is 0.174. The Morgan fingerprint density at radius 3 is 2.48 bits per heavy atom. The number of methoxy groups -OCH3 is 1. The van der Waals surface area contributed by atoms with Gasteiger partial charge in [0.1, 0.15) is 21.7 Å². The number of para-hydroxylation sites is 1. The van der Waals surface area contributed by atoms with E-state index < -0.39 is 26.9 Å². The zero-order valence-electron chi connectivity index (χ0n) is 16.8. The Morgan fingerprint density at radius 1 is 1.03 bits per heavy atom. The number of anilines is 1. The summed E-state index contributed by atoms with van der Waals surface area (Å²) in [7, 11) is -2.24. The van der Waals surface area contributed by atoms with Crippen LogP contribution in [-0.2, 0) is 9.84 Å². The van der Waals surface area contributed by atoms with Gasteiger partial charge >= 0.3 is 6.03 Å². The van der Waals surface area contributed by atoms with E-state index in [4.69, 9.17) is 4.74 Å². The molecular weight excluding hydrogens is 419 g/mol. The lowest BCUT2D eigenvalue weighted by Gasteiger charge is -2.38. The number of likely N-dealkylation sites (tertiary alicyclic amines) is 1. The largest absolute Gasteiger partial charge is 0.496 e. The van der Waals surface area contributed by atoms with E-state index in [9.17, 15) is 17.6 Å². The van der Waals surface area contributed by atoms with Crippen molar-refractivity contribution < 1.29 is 22.3 Å². The highest BCUT2D eigenvalue weighted by molar-refractivity contribution is 7.92. The predicted octanol–water partition coefficient (Wildman–Crippen LogP) is 4.19. The molecule has 0 spiro atoms.